The van der Waals surface area contributed by atoms with Crippen molar-refractivity contribution < 1.29 is 0 Å². The van der Waals surface area contributed by atoms with Gasteiger partial charge in [-0.25, -0.2) is 0 Å². The summed E-state index contributed by atoms with van der Waals surface area (Å²) in [5.74, 6) is 6.44. The molecule has 0 aliphatic heterocycles. The second-order valence-corrected chi connectivity index (χ2v) is 6.32. The van der Waals surface area contributed by atoms with Gasteiger partial charge in [-0.2, -0.15) is 0 Å². The molecule has 0 saturated carbocycles. The molecule has 1 atom stereocenters. The van der Waals surface area contributed by atoms with Crippen LogP contribution in [0.5, 0.6) is 0 Å². The topological polar surface area (TPSA) is 38.0 Å². The molecule has 0 saturated heterocycles. The van der Waals surface area contributed by atoms with E-state index in [1.165, 1.54) is 83.5 Å². The van der Waals surface area contributed by atoms with Crippen LogP contribution in [0.15, 0.2) is 0 Å². The van der Waals surface area contributed by atoms with Crippen molar-refractivity contribution in [3.8, 4) is 0 Å². The van der Waals surface area contributed by atoms with Crippen LogP contribution in [-0.2, 0) is 0 Å². The molecule has 0 rings (SSSR count). The van der Waals surface area contributed by atoms with Crippen LogP contribution >= 0.6 is 0 Å². The predicted octanol–water partition coefficient (Wildman–Crippen LogP) is 5.57. The molecule has 0 aliphatic rings. The lowest BCUT2D eigenvalue weighted by atomic mass is 9.90. The Labute approximate surface area is 128 Å². The van der Waals surface area contributed by atoms with Gasteiger partial charge in [0, 0.05) is 6.04 Å². The van der Waals surface area contributed by atoms with E-state index in [4.69, 9.17) is 5.84 Å². The molecule has 2 nitrogen and oxygen atoms in total. The van der Waals surface area contributed by atoms with Gasteiger partial charge in [0.1, 0.15) is 0 Å². The Morgan fingerprint density at radius 3 is 1.55 bits per heavy atom. The smallest absolute Gasteiger partial charge is 0.0238 e. The molecule has 0 spiro atoms. The molecule has 2 heteroatoms. The van der Waals surface area contributed by atoms with Crippen LogP contribution in [0.1, 0.15) is 104 Å². The quantitative estimate of drug-likeness (QED) is 0.234. The van der Waals surface area contributed by atoms with E-state index in [0.717, 1.165) is 5.92 Å². The normalized spacial score (nSPS) is 13.1. The third-order valence-corrected chi connectivity index (χ3v) is 4.70. The van der Waals surface area contributed by atoms with Crippen LogP contribution in [0, 0.1) is 5.92 Å². The summed E-state index contributed by atoms with van der Waals surface area (Å²) < 4.78 is 0. The number of hydrogen-bond acceptors (Lipinski definition) is 2. The summed E-state index contributed by atoms with van der Waals surface area (Å²) in [6.07, 6.45) is 17.8. The Hall–Kier alpha value is -0.0800. The Morgan fingerprint density at radius 2 is 1.15 bits per heavy atom. The summed E-state index contributed by atoms with van der Waals surface area (Å²) in [4.78, 5) is 0. The first-order valence-electron chi connectivity index (χ1n) is 9.26. The minimum atomic E-state index is 0.527. The van der Waals surface area contributed by atoms with Crippen molar-refractivity contribution in [3.05, 3.63) is 0 Å². The fraction of sp³-hybridized carbons (Fsp3) is 1.00. The fourth-order valence-electron chi connectivity index (χ4n) is 3.16. The van der Waals surface area contributed by atoms with Crippen molar-refractivity contribution >= 4 is 0 Å². The molecule has 0 heterocycles. The molecule has 0 radical (unpaired) electrons. The van der Waals surface area contributed by atoms with E-state index in [0.29, 0.717) is 6.04 Å². The zero-order valence-corrected chi connectivity index (χ0v) is 14.4. The first-order chi connectivity index (χ1) is 9.79. The van der Waals surface area contributed by atoms with Gasteiger partial charge in [-0.3, -0.25) is 11.3 Å². The average Bonchev–Trinajstić information content (AvgIpc) is 2.48. The van der Waals surface area contributed by atoms with Gasteiger partial charge in [0.25, 0.3) is 0 Å². The fourth-order valence-corrected chi connectivity index (χ4v) is 3.16. The summed E-state index contributed by atoms with van der Waals surface area (Å²) in [6.45, 7) is 6.83. The first kappa shape index (κ1) is 19.9. The highest BCUT2D eigenvalue weighted by Gasteiger charge is 2.15. The molecule has 0 aromatic heterocycles. The van der Waals surface area contributed by atoms with Crippen LogP contribution in [0.2, 0.25) is 0 Å². The highest BCUT2D eigenvalue weighted by Crippen LogP contribution is 2.18. The zero-order valence-electron chi connectivity index (χ0n) is 14.4. The van der Waals surface area contributed by atoms with Crippen molar-refractivity contribution in [1.82, 2.24) is 5.43 Å². The SMILES string of the molecule is CCCCCCCCCCCCC(NN)C(CC)CC. The largest absolute Gasteiger partial charge is 0.271 e. The van der Waals surface area contributed by atoms with Gasteiger partial charge >= 0.3 is 0 Å². The van der Waals surface area contributed by atoms with E-state index >= 15 is 0 Å². The van der Waals surface area contributed by atoms with Crippen LogP contribution < -0.4 is 11.3 Å². The van der Waals surface area contributed by atoms with Crippen molar-refractivity contribution in [2.45, 2.75) is 110 Å². The third-order valence-electron chi connectivity index (χ3n) is 4.70. The maximum atomic E-state index is 5.70. The summed E-state index contributed by atoms with van der Waals surface area (Å²) in [6, 6.07) is 0.527. The number of unbranched alkanes of at least 4 members (excludes halogenated alkanes) is 9. The maximum Gasteiger partial charge on any atom is 0.0238 e. The zero-order chi connectivity index (χ0) is 15.1. The van der Waals surface area contributed by atoms with Crippen LogP contribution in [0.3, 0.4) is 0 Å². The lowest BCUT2D eigenvalue weighted by molar-refractivity contribution is 0.312. The minimum absolute atomic E-state index is 0.527. The van der Waals surface area contributed by atoms with E-state index in [2.05, 4.69) is 26.2 Å². The van der Waals surface area contributed by atoms with Gasteiger partial charge in [0.2, 0.25) is 0 Å². The summed E-state index contributed by atoms with van der Waals surface area (Å²) in [5.41, 5.74) is 3.03. The lowest BCUT2D eigenvalue weighted by Crippen LogP contribution is -2.40. The molecule has 3 N–H and O–H groups in total. The Balaban J connectivity index is 3.37. The van der Waals surface area contributed by atoms with Crippen LogP contribution in [0.25, 0.3) is 0 Å². The number of rotatable bonds is 15. The highest BCUT2D eigenvalue weighted by atomic mass is 15.2. The molecular formula is C18H40N2. The Bertz CT molecular complexity index is 178. The van der Waals surface area contributed by atoms with E-state index < -0.39 is 0 Å². The lowest BCUT2D eigenvalue weighted by Gasteiger charge is -2.24. The summed E-state index contributed by atoms with van der Waals surface area (Å²) >= 11 is 0. The predicted molar refractivity (Wildman–Crippen MR) is 91.6 cm³/mol. The van der Waals surface area contributed by atoms with E-state index in [1.54, 1.807) is 0 Å². The number of nitrogens with one attached hydrogen (secondary N) is 1. The molecule has 0 fully saturated rings. The number of hydrazine groups is 1. The van der Waals surface area contributed by atoms with E-state index in [-0.39, 0.29) is 0 Å². The van der Waals surface area contributed by atoms with Gasteiger partial charge < -0.3 is 0 Å². The van der Waals surface area contributed by atoms with Crippen molar-refractivity contribution in [2.24, 2.45) is 11.8 Å². The van der Waals surface area contributed by atoms with Crippen molar-refractivity contribution in [1.29, 1.82) is 0 Å². The molecule has 0 aromatic carbocycles. The third kappa shape index (κ3) is 10.7. The van der Waals surface area contributed by atoms with Crippen LogP contribution in [0.4, 0.5) is 0 Å². The highest BCUT2D eigenvalue weighted by molar-refractivity contribution is 4.72. The Kier molecular flexibility index (Phi) is 15.3. The van der Waals surface area contributed by atoms with Gasteiger partial charge in [0.05, 0.1) is 0 Å². The van der Waals surface area contributed by atoms with Crippen molar-refractivity contribution in [3.63, 3.8) is 0 Å². The average molecular weight is 285 g/mol. The number of hydrogen-bond donors (Lipinski definition) is 2. The molecule has 0 aromatic rings. The molecule has 1 unspecified atom stereocenters. The summed E-state index contributed by atoms with van der Waals surface area (Å²) in [7, 11) is 0. The van der Waals surface area contributed by atoms with Gasteiger partial charge in [-0.15, -0.1) is 0 Å². The van der Waals surface area contributed by atoms with E-state index in [1.807, 2.05) is 0 Å². The Morgan fingerprint density at radius 1 is 0.700 bits per heavy atom. The molecule has 0 aliphatic carbocycles. The number of nitrogens with two attached hydrogens (primary N) is 1. The van der Waals surface area contributed by atoms with E-state index in [9.17, 15) is 0 Å². The summed E-state index contributed by atoms with van der Waals surface area (Å²) in [5, 5.41) is 0. The van der Waals surface area contributed by atoms with Gasteiger partial charge in [0.15, 0.2) is 0 Å². The molecule has 0 amide bonds. The van der Waals surface area contributed by atoms with Gasteiger partial charge in [-0.05, 0) is 12.3 Å². The molecule has 20 heavy (non-hydrogen) atoms. The first-order valence-corrected chi connectivity index (χ1v) is 9.26. The molecule has 0 bridgehead atoms. The molecule has 122 valence electrons. The maximum absolute atomic E-state index is 5.70. The molecular weight excluding hydrogens is 244 g/mol. The van der Waals surface area contributed by atoms with Gasteiger partial charge in [-0.1, -0.05) is 97.8 Å². The monoisotopic (exact) mass is 284 g/mol. The standard InChI is InChI=1S/C18H40N2/c1-4-7-8-9-10-11-12-13-14-15-16-18(20-19)17(5-2)6-3/h17-18,20H,4-16,19H2,1-3H3. The van der Waals surface area contributed by atoms with Crippen molar-refractivity contribution in [2.75, 3.05) is 0 Å². The second-order valence-electron chi connectivity index (χ2n) is 6.32. The minimum Gasteiger partial charge on any atom is -0.271 e. The van der Waals surface area contributed by atoms with Crippen LogP contribution in [-0.4, -0.2) is 6.04 Å². The second kappa shape index (κ2) is 15.3.